The van der Waals surface area contributed by atoms with Gasteiger partial charge in [0.05, 0.1) is 13.2 Å². The van der Waals surface area contributed by atoms with Crippen molar-refractivity contribution in [2.45, 2.75) is 44.0 Å². The number of fused-ring (bicyclic) bond motifs is 1. The number of morpholine rings is 1. The average molecular weight is 464 g/mol. The molecule has 176 valence electrons. The number of nitrogens with one attached hydrogen (secondary N) is 1. The first-order chi connectivity index (χ1) is 16.0. The lowest BCUT2D eigenvalue weighted by atomic mass is 9.93. The van der Waals surface area contributed by atoms with E-state index in [1.807, 2.05) is 6.07 Å². The first-order valence-corrected chi connectivity index (χ1v) is 10.8. The molecule has 1 aliphatic heterocycles. The molecule has 3 aromatic heterocycles. The number of anilines is 2. The van der Waals surface area contributed by atoms with Crippen molar-refractivity contribution >= 4 is 17.3 Å². The third kappa shape index (κ3) is 4.77. The second-order valence-corrected chi connectivity index (χ2v) is 8.01. The second-order valence-electron chi connectivity index (χ2n) is 8.01. The quantitative estimate of drug-likeness (QED) is 0.610. The van der Waals surface area contributed by atoms with Crippen LogP contribution in [0.15, 0.2) is 24.8 Å². The molecule has 13 heteroatoms. The molecule has 4 heterocycles. The van der Waals surface area contributed by atoms with Crippen molar-refractivity contribution in [1.29, 1.82) is 0 Å². The van der Waals surface area contributed by atoms with Gasteiger partial charge in [-0.3, -0.25) is 0 Å². The molecule has 0 unspecified atom stereocenters. The Balaban J connectivity index is 1.25. The number of nitrogens with zero attached hydrogens (tertiary/aromatic N) is 7. The third-order valence-corrected chi connectivity index (χ3v) is 5.81. The van der Waals surface area contributed by atoms with Gasteiger partial charge in [0, 0.05) is 37.6 Å². The Hall–Kier alpha value is -3.22. The van der Waals surface area contributed by atoms with Crippen molar-refractivity contribution in [1.82, 2.24) is 29.5 Å². The molecular formula is C20H23F3N8O2. The van der Waals surface area contributed by atoms with Gasteiger partial charge in [0.25, 0.3) is 0 Å². The summed E-state index contributed by atoms with van der Waals surface area (Å²) in [5, 5.41) is 7.12. The first kappa shape index (κ1) is 21.6. The van der Waals surface area contributed by atoms with E-state index < -0.39 is 11.9 Å². The molecule has 0 bridgehead atoms. The van der Waals surface area contributed by atoms with E-state index in [1.165, 1.54) is 12.5 Å². The van der Waals surface area contributed by atoms with Gasteiger partial charge in [0.2, 0.25) is 0 Å². The van der Waals surface area contributed by atoms with E-state index in [2.05, 4.69) is 35.3 Å². The highest BCUT2D eigenvalue weighted by molar-refractivity contribution is 5.52. The lowest BCUT2D eigenvalue weighted by molar-refractivity contribution is -0.140. The molecular weight excluding hydrogens is 441 g/mol. The summed E-state index contributed by atoms with van der Waals surface area (Å²) in [4.78, 5) is 18.3. The van der Waals surface area contributed by atoms with Gasteiger partial charge in [0.1, 0.15) is 18.2 Å². The van der Waals surface area contributed by atoms with E-state index in [1.54, 1.807) is 4.52 Å². The molecule has 10 nitrogen and oxygen atoms in total. The van der Waals surface area contributed by atoms with Crippen LogP contribution in [0, 0.1) is 0 Å². The average Bonchev–Trinajstić information content (AvgIpc) is 3.30. The summed E-state index contributed by atoms with van der Waals surface area (Å²) >= 11 is 0. The van der Waals surface area contributed by atoms with Gasteiger partial charge in [-0.05, 0) is 25.7 Å². The van der Waals surface area contributed by atoms with Crippen LogP contribution in [-0.2, 0) is 10.9 Å². The molecule has 0 aromatic carbocycles. The maximum Gasteiger partial charge on any atom is 0.437 e. The zero-order valence-corrected chi connectivity index (χ0v) is 17.7. The highest BCUT2D eigenvalue weighted by Crippen LogP contribution is 2.33. The van der Waals surface area contributed by atoms with Crippen molar-refractivity contribution in [2.24, 2.45) is 0 Å². The van der Waals surface area contributed by atoms with E-state index in [-0.39, 0.29) is 18.0 Å². The largest absolute Gasteiger partial charge is 0.460 e. The van der Waals surface area contributed by atoms with Crippen LogP contribution < -0.4 is 15.0 Å². The molecule has 1 saturated carbocycles. The Morgan fingerprint density at radius 1 is 1.03 bits per heavy atom. The van der Waals surface area contributed by atoms with Crippen molar-refractivity contribution in [3.05, 3.63) is 30.5 Å². The molecule has 1 aliphatic carbocycles. The van der Waals surface area contributed by atoms with Crippen LogP contribution in [0.3, 0.4) is 0 Å². The van der Waals surface area contributed by atoms with Gasteiger partial charge in [-0.1, -0.05) is 0 Å². The van der Waals surface area contributed by atoms with Crippen LogP contribution in [0.2, 0.25) is 0 Å². The molecule has 0 atom stereocenters. The Morgan fingerprint density at radius 3 is 2.55 bits per heavy atom. The number of hydrogen-bond acceptors (Lipinski definition) is 9. The maximum atomic E-state index is 13.2. The molecule has 0 spiro atoms. The minimum absolute atomic E-state index is 0.133. The second kappa shape index (κ2) is 8.96. The van der Waals surface area contributed by atoms with Crippen LogP contribution in [0.4, 0.5) is 24.8 Å². The lowest BCUT2D eigenvalue weighted by Crippen LogP contribution is -2.37. The Bertz CT molecular complexity index is 1090. The van der Waals surface area contributed by atoms with E-state index in [0.717, 1.165) is 25.1 Å². The monoisotopic (exact) mass is 464 g/mol. The Morgan fingerprint density at radius 2 is 1.79 bits per heavy atom. The number of hydrogen-bond donors (Lipinski definition) is 1. The highest BCUT2D eigenvalue weighted by Gasteiger charge is 2.37. The van der Waals surface area contributed by atoms with Crippen LogP contribution in [0.1, 0.15) is 31.4 Å². The Labute approximate surface area is 187 Å². The van der Waals surface area contributed by atoms with Crippen molar-refractivity contribution in [3.63, 3.8) is 0 Å². The topological polar surface area (TPSA) is 103 Å². The van der Waals surface area contributed by atoms with Gasteiger partial charge >= 0.3 is 12.2 Å². The van der Waals surface area contributed by atoms with Crippen molar-refractivity contribution < 1.29 is 22.6 Å². The molecule has 33 heavy (non-hydrogen) atoms. The summed E-state index contributed by atoms with van der Waals surface area (Å²) in [5.41, 5.74) is -0.361. The lowest BCUT2D eigenvalue weighted by Gasteiger charge is -2.30. The van der Waals surface area contributed by atoms with E-state index in [0.29, 0.717) is 50.6 Å². The third-order valence-electron chi connectivity index (χ3n) is 5.81. The summed E-state index contributed by atoms with van der Waals surface area (Å²) in [5.74, 6) is 0.519. The number of ether oxygens (including phenoxy) is 2. The first-order valence-electron chi connectivity index (χ1n) is 10.8. The molecule has 0 radical (unpaired) electrons. The normalized spacial score (nSPS) is 21.8. The molecule has 2 aliphatic rings. The summed E-state index contributed by atoms with van der Waals surface area (Å²) < 4.78 is 52.7. The SMILES string of the molecule is FC(F)(F)c1nccnc1NC1CCC(Oc2nc(N3CCOCC3)cc3ncnn23)CC1. The zero-order valence-electron chi connectivity index (χ0n) is 17.7. The van der Waals surface area contributed by atoms with Crippen molar-refractivity contribution in [2.75, 3.05) is 36.5 Å². The highest BCUT2D eigenvalue weighted by atomic mass is 19.4. The molecule has 2 fully saturated rings. The van der Waals surface area contributed by atoms with Crippen molar-refractivity contribution in [3.8, 4) is 6.01 Å². The maximum absolute atomic E-state index is 13.2. The van der Waals surface area contributed by atoms with Gasteiger partial charge in [-0.15, -0.1) is 0 Å². The predicted octanol–water partition coefficient (Wildman–Crippen LogP) is 2.57. The van der Waals surface area contributed by atoms with E-state index in [4.69, 9.17) is 9.47 Å². The fraction of sp³-hybridized carbons (Fsp3) is 0.550. The smallest absolute Gasteiger partial charge is 0.437 e. The van der Waals surface area contributed by atoms with Crippen LogP contribution in [0.5, 0.6) is 6.01 Å². The van der Waals surface area contributed by atoms with Crippen LogP contribution in [0.25, 0.3) is 5.65 Å². The standard InChI is InChI=1S/C20H23F3N8O2/c21-20(22,23)17-18(25-6-5-24-17)28-13-1-3-14(4-2-13)33-19-29-16(30-7-9-32-10-8-30)11-15-26-12-27-31(15)19/h5-6,11-14H,1-4,7-10H2,(H,25,28). The van der Waals surface area contributed by atoms with E-state index >= 15 is 0 Å². The van der Waals surface area contributed by atoms with E-state index in [9.17, 15) is 13.2 Å². The molecule has 1 N–H and O–H groups in total. The molecule has 0 amide bonds. The van der Waals surface area contributed by atoms with Gasteiger partial charge in [-0.25, -0.2) is 15.0 Å². The molecule has 3 aromatic rings. The number of halogens is 3. The summed E-state index contributed by atoms with van der Waals surface area (Å²) in [7, 11) is 0. The molecule has 1 saturated heterocycles. The number of aromatic nitrogens is 6. The summed E-state index contributed by atoms with van der Waals surface area (Å²) in [6, 6.07) is 2.07. The van der Waals surface area contributed by atoms with Gasteiger partial charge in [-0.2, -0.15) is 27.8 Å². The fourth-order valence-corrected chi connectivity index (χ4v) is 4.14. The Kier molecular flexibility index (Phi) is 5.87. The molecule has 5 rings (SSSR count). The summed E-state index contributed by atoms with van der Waals surface area (Å²) in [6.07, 6.45) is 1.61. The number of alkyl halides is 3. The zero-order chi connectivity index (χ0) is 22.8. The van der Waals surface area contributed by atoms with Crippen LogP contribution >= 0.6 is 0 Å². The minimum Gasteiger partial charge on any atom is -0.460 e. The van der Waals surface area contributed by atoms with Gasteiger partial charge < -0.3 is 19.7 Å². The van der Waals surface area contributed by atoms with Crippen LogP contribution in [-0.4, -0.2) is 68.0 Å². The predicted molar refractivity (Wildman–Crippen MR) is 111 cm³/mol. The fourth-order valence-electron chi connectivity index (χ4n) is 4.14. The minimum atomic E-state index is -4.56. The summed E-state index contributed by atoms with van der Waals surface area (Å²) in [6.45, 7) is 2.73. The van der Waals surface area contributed by atoms with Gasteiger partial charge in [0.15, 0.2) is 17.2 Å². The number of rotatable bonds is 5.